The molecule has 204 valence electrons. The fourth-order valence-corrected chi connectivity index (χ4v) is 4.11. The molecule has 0 spiro atoms. The summed E-state index contributed by atoms with van der Waals surface area (Å²) in [6, 6.07) is 4.59. The lowest BCUT2D eigenvalue weighted by atomic mass is 9.90. The molecule has 5 rings (SSSR count). The second-order valence-corrected chi connectivity index (χ2v) is 9.19. The Morgan fingerprint density at radius 1 is 1.13 bits per heavy atom. The van der Waals surface area contributed by atoms with E-state index in [0.29, 0.717) is 11.7 Å². The van der Waals surface area contributed by atoms with Crippen LogP contribution in [0.25, 0.3) is 11.3 Å². The molecule has 1 unspecified atom stereocenters. The van der Waals surface area contributed by atoms with Crippen LogP contribution in [0.15, 0.2) is 36.7 Å². The predicted molar refractivity (Wildman–Crippen MR) is 133 cm³/mol. The number of nitrogens with zero attached hydrogens (tertiary/aromatic N) is 3. The van der Waals surface area contributed by atoms with E-state index in [1.54, 1.807) is 13.2 Å². The highest BCUT2D eigenvalue weighted by molar-refractivity contribution is 6.03. The normalized spacial score (nSPS) is 18.5. The summed E-state index contributed by atoms with van der Waals surface area (Å²) in [6.45, 7) is 2.07. The van der Waals surface area contributed by atoms with Crippen LogP contribution >= 0.6 is 0 Å². The van der Waals surface area contributed by atoms with Crippen molar-refractivity contribution in [3.05, 3.63) is 65.4 Å². The van der Waals surface area contributed by atoms with E-state index in [4.69, 9.17) is 19.9 Å². The van der Waals surface area contributed by atoms with Crippen molar-refractivity contribution in [1.82, 2.24) is 14.8 Å². The van der Waals surface area contributed by atoms with Gasteiger partial charge in [-0.15, -0.1) is 0 Å². The highest BCUT2D eigenvalue weighted by Crippen LogP contribution is 2.37. The predicted octanol–water partition coefficient (Wildman–Crippen LogP) is 3.54. The Balaban J connectivity index is 0.000000360. The molecule has 0 radical (unpaired) electrons. The molecule has 1 amide bonds. The molecule has 4 heterocycles. The van der Waals surface area contributed by atoms with Gasteiger partial charge in [-0.3, -0.25) is 9.48 Å². The zero-order valence-electron chi connectivity index (χ0n) is 21.2. The Morgan fingerprint density at radius 2 is 1.87 bits per heavy atom. The van der Waals surface area contributed by atoms with Gasteiger partial charge < -0.3 is 25.3 Å². The van der Waals surface area contributed by atoms with Crippen LogP contribution in [-0.4, -0.2) is 60.3 Å². The number of carbonyl (C=O) groups excluding carboxylic acids is 1. The maximum absolute atomic E-state index is 14.8. The molecule has 12 heteroatoms. The molecule has 0 saturated carbocycles. The second kappa shape index (κ2) is 12.0. The molecule has 38 heavy (non-hydrogen) atoms. The van der Waals surface area contributed by atoms with Gasteiger partial charge in [0.25, 0.3) is 5.91 Å². The van der Waals surface area contributed by atoms with Crippen LogP contribution in [0.2, 0.25) is 0 Å². The molecule has 1 aromatic carbocycles. The van der Waals surface area contributed by atoms with E-state index in [1.807, 2.05) is 0 Å². The summed E-state index contributed by atoms with van der Waals surface area (Å²) in [7, 11) is 3.08. The third kappa shape index (κ3) is 6.21. The van der Waals surface area contributed by atoms with Crippen molar-refractivity contribution in [3.8, 4) is 11.3 Å². The number of nitrogens with one attached hydrogen (secondary N) is 1. The van der Waals surface area contributed by atoms with Gasteiger partial charge in [-0.25, -0.2) is 18.2 Å². The Hall–Kier alpha value is -3.32. The van der Waals surface area contributed by atoms with Gasteiger partial charge in [0.05, 0.1) is 30.7 Å². The van der Waals surface area contributed by atoms with E-state index in [0.717, 1.165) is 56.7 Å². The third-order valence-corrected chi connectivity index (χ3v) is 6.40. The standard InChI is InChI=1S/C20H17F3N4O3.C6H13NO/c1-27-8-12(7-24-27)25-19(28)16-4-3-13(21)18(26-16)17-14(22)5-11(6-15(17)23)20(29-2)9-30-10-20;7-6-2-1-4-8-5-3-6/h3-8H,9-10H2,1-2H3,(H,25,28);6H,1-5,7H2. The monoisotopic (exact) mass is 533 g/mol. The molecule has 2 fully saturated rings. The molecule has 2 aliphatic rings. The topological polar surface area (TPSA) is 114 Å². The van der Waals surface area contributed by atoms with Gasteiger partial charge in [-0.2, -0.15) is 5.10 Å². The van der Waals surface area contributed by atoms with E-state index >= 15 is 0 Å². The molecule has 9 nitrogen and oxygen atoms in total. The molecular weight excluding hydrogens is 503 g/mol. The van der Waals surface area contributed by atoms with E-state index in [-0.39, 0.29) is 24.5 Å². The summed E-state index contributed by atoms with van der Waals surface area (Å²) in [4.78, 5) is 16.3. The Bertz CT molecular complexity index is 1250. The average molecular weight is 534 g/mol. The molecule has 2 aliphatic heterocycles. The van der Waals surface area contributed by atoms with E-state index < -0.39 is 40.2 Å². The lowest BCUT2D eigenvalue weighted by Crippen LogP contribution is -2.48. The number of halogens is 3. The van der Waals surface area contributed by atoms with E-state index in [9.17, 15) is 18.0 Å². The molecular formula is C26H30F3N5O4. The zero-order chi connectivity index (χ0) is 27.3. The lowest BCUT2D eigenvalue weighted by molar-refractivity contribution is -0.202. The number of amides is 1. The number of methoxy groups -OCH3 is 1. The Morgan fingerprint density at radius 3 is 2.47 bits per heavy atom. The number of nitrogens with two attached hydrogens (primary N) is 1. The van der Waals surface area contributed by atoms with Gasteiger partial charge in [-0.05, 0) is 49.1 Å². The maximum atomic E-state index is 14.8. The largest absolute Gasteiger partial charge is 0.381 e. The number of hydrogen-bond acceptors (Lipinski definition) is 7. The molecule has 3 aromatic rings. The van der Waals surface area contributed by atoms with Gasteiger partial charge in [0.1, 0.15) is 34.4 Å². The van der Waals surface area contributed by atoms with Gasteiger partial charge in [0.2, 0.25) is 0 Å². The summed E-state index contributed by atoms with van der Waals surface area (Å²) in [6.07, 6.45) is 6.29. The molecule has 2 aromatic heterocycles. The maximum Gasteiger partial charge on any atom is 0.274 e. The fraction of sp³-hybridized carbons (Fsp3) is 0.423. The lowest BCUT2D eigenvalue weighted by Gasteiger charge is -2.40. The number of ether oxygens (including phenoxy) is 3. The number of aromatic nitrogens is 3. The number of rotatable bonds is 5. The van der Waals surface area contributed by atoms with Gasteiger partial charge >= 0.3 is 0 Å². The second-order valence-electron chi connectivity index (χ2n) is 9.19. The summed E-state index contributed by atoms with van der Waals surface area (Å²) >= 11 is 0. The van der Waals surface area contributed by atoms with Crippen molar-refractivity contribution in [2.24, 2.45) is 12.8 Å². The minimum atomic E-state index is -1.02. The van der Waals surface area contributed by atoms with Crippen molar-refractivity contribution < 1.29 is 32.2 Å². The van der Waals surface area contributed by atoms with Crippen molar-refractivity contribution in [2.45, 2.75) is 30.9 Å². The summed E-state index contributed by atoms with van der Waals surface area (Å²) < 4.78 is 61.2. The number of benzene rings is 1. The molecule has 2 saturated heterocycles. The first-order valence-corrected chi connectivity index (χ1v) is 12.1. The Labute approximate surface area is 218 Å². The Kier molecular flexibility index (Phi) is 8.77. The van der Waals surface area contributed by atoms with Crippen molar-refractivity contribution in [2.75, 3.05) is 38.9 Å². The molecule has 1 atom stereocenters. The zero-order valence-corrected chi connectivity index (χ0v) is 21.2. The summed E-state index contributed by atoms with van der Waals surface area (Å²) in [5.74, 6) is -3.69. The van der Waals surface area contributed by atoms with Gasteiger partial charge in [0.15, 0.2) is 0 Å². The summed E-state index contributed by atoms with van der Waals surface area (Å²) in [5.41, 5.74) is 3.86. The van der Waals surface area contributed by atoms with E-state index in [2.05, 4.69) is 15.4 Å². The first kappa shape index (κ1) is 27.7. The van der Waals surface area contributed by atoms with Crippen LogP contribution in [0.3, 0.4) is 0 Å². The first-order chi connectivity index (χ1) is 18.2. The quantitative estimate of drug-likeness (QED) is 0.516. The number of hydrogen-bond donors (Lipinski definition) is 2. The summed E-state index contributed by atoms with van der Waals surface area (Å²) in [5, 5.41) is 6.45. The van der Waals surface area contributed by atoms with E-state index in [1.165, 1.54) is 18.0 Å². The highest BCUT2D eigenvalue weighted by Gasteiger charge is 2.41. The van der Waals surface area contributed by atoms with Crippen LogP contribution in [0.5, 0.6) is 0 Å². The van der Waals surface area contributed by atoms with Crippen LogP contribution in [0.4, 0.5) is 18.9 Å². The highest BCUT2D eigenvalue weighted by atomic mass is 19.1. The number of anilines is 1. The van der Waals surface area contributed by atoms with Crippen molar-refractivity contribution >= 4 is 11.6 Å². The van der Waals surface area contributed by atoms with Crippen LogP contribution in [0, 0.1) is 17.5 Å². The number of pyridine rings is 1. The van der Waals surface area contributed by atoms with Crippen LogP contribution in [-0.2, 0) is 26.9 Å². The minimum Gasteiger partial charge on any atom is -0.381 e. The van der Waals surface area contributed by atoms with Crippen LogP contribution in [0.1, 0.15) is 35.3 Å². The third-order valence-electron chi connectivity index (χ3n) is 6.40. The molecule has 3 N–H and O–H groups in total. The molecule has 0 bridgehead atoms. The van der Waals surface area contributed by atoms with Crippen LogP contribution < -0.4 is 11.1 Å². The SMILES string of the molecule is COC1(c2cc(F)c(-c3nc(C(=O)Nc4cnn(C)c4)ccc3F)c(F)c2)COC1.NC1CCCOCC1. The first-order valence-electron chi connectivity index (χ1n) is 12.1. The number of aryl methyl sites for hydroxylation is 1. The van der Waals surface area contributed by atoms with Gasteiger partial charge in [-0.1, -0.05) is 0 Å². The smallest absolute Gasteiger partial charge is 0.274 e. The number of carbonyl (C=O) groups is 1. The van der Waals surface area contributed by atoms with Gasteiger partial charge in [0, 0.05) is 39.6 Å². The van der Waals surface area contributed by atoms with Crippen molar-refractivity contribution in [1.29, 1.82) is 0 Å². The molecule has 0 aliphatic carbocycles. The average Bonchev–Trinajstić information content (AvgIpc) is 3.10. The van der Waals surface area contributed by atoms with Crippen molar-refractivity contribution in [3.63, 3.8) is 0 Å². The minimum absolute atomic E-state index is 0.151. The fourth-order valence-electron chi connectivity index (χ4n) is 4.11.